The van der Waals surface area contributed by atoms with Gasteiger partial charge in [-0.15, -0.1) is 0 Å². The van der Waals surface area contributed by atoms with Gasteiger partial charge >= 0.3 is 0 Å². The minimum Gasteiger partial charge on any atom is -0.494 e. The molecule has 21 heavy (non-hydrogen) atoms. The molecule has 1 aliphatic carbocycles. The van der Waals surface area contributed by atoms with E-state index in [1.54, 1.807) is 0 Å². The van der Waals surface area contributed by atoms with E-state index in [4.69, 9.17) is 10.5 Å². The molecule has 1 aliphatic rings. The minimum atomic E-state index is 0.511. The topological polar surface area (TPSA) is 59.6 Å². The molecule has 2 rings (SSSR count). The highest BCUT2D eigenvalue weighted by molar-refractivity contribution is 5.78. The second kappa shape index (κ2) is 9.27. The van der Waals surface area contributed by atoms with Crippen LogP contribution in [0.1, 0.15) is 44.9 Å². The molecule has 0 unspecified atom stereocenters. The number of para-hydroxylation sites is 1. The monoisotopic (exact) mass is 289 g/mol. The highest BCUT2D eigenvalue weighted by atomic mass is 16.5. The highest BCUT2D eigenvalue weighted by Gasteiger charge is 2.11. The van der Waals surface area contributed by atoms with Crippen LogP contribution in [0.25, 0.3) is 0 Å². The lowest BCUT2D eigenvalue weighted by atomic mass is 10.1. The predicted molar refractivity (Wildman–Crippen MR) is 87.7 cm³/mol. The van der Waals surface area contributed by atoms with E-state index in [1.165, 1.54) is 38.5 Å². The Hall–Kier alpha value is -1.71. The number of hydrogen-bond acceptors (Lipinski definition) is 2. The number of ether oxygens (including phenoxy) is 1. The zero-order valence-corrected chi connectivity index (χ0v) is 12.8. The first-order chi connectivity index (χ1) is 10.3. The molecule has 0 heterocycles. The Balaban J connectivity index is 1.59. The van der Waals surface area contributed by atoms with Crippen LogP contribution >= 0.6 is 0 Å². The second-order valence-electron chi connectivity index (χ2n) is 5.61. The largest absolute Gasteiger partial charge is 0.494 e. The summed E-state index contributed by atoms with van der Waals surface area (Å²) in [5, 5.41) is 3.35. The summed E-state index contributed by atoms with van der Waals surface area (Å²) >= 11 is 0. The maximum Gasteiger partial charge on any atom is 0.188 e. The van der Waals surface area contributed by atoms with Gasteiger partial charge in [-0.1, -0.05) is 43.9 Å². The predicted octanol–water partition coefficient (Wildman–Crippen LogP) is 3.08. The summed E-state index contributed by atoms with van der Waals surface area (Å²) in [6.45, 7) is 1.38. The zero-order chi connectivity index (χ0) is 14.8. The summed E-state index contributed by atoms with van der Waals surface area (Å²) < 4.78 is 5.62. The lowest BCUT2D eigenvalue weighted by Gasteiger charge is -2.16. The average molecular weight is 289 g/mol. The molecule has 1 aromatic rings. The third-order valence-corrected chi connectivity index (χ3v) is 3.80. The van der Waals surface area contributed by atoms with E-state index in [0.29, 0.717) is 25.2 Å². The van der Waals surface area contributed by atoms with Crippen LogP contribution in [0.4, 0.5) is 0 Å². The van der Waals surface area contributed by atoms with Gasteiger partial charge in [0.05, 0.1) is 6.61 Å². The first-order valence-electron chi connectivity index (χ1n) is 8.09. The molecule has 4 nitrogen and oxygen atoms in total. The Kier molecular flexibility index (Phi) is 6.92. The zero-order valence-electron chi connectivity index (χ0n) is 12.8. The van der Waals surface area contributed by atoms with Gasteiger partial charge in [0.2, 0.25) is 0 Å². The fourth-order valence-corrected chi connectivity index (χ4v) is 2.65. The Morgan fingerprint density at radius 1 is 1.14 bits per heavy atom. The molecule has 1 saturated carbocycles. The van der Waals surface area contributed by atoms with Crippen molar-refractivity contribution in [3.05, 3.63) is 30.3 Å². The lowest BCUT2D eigenvalue weighted by Crippen LogP contribution is -2.39. The molecular weight excluding hydrogens is 262 g/mol. The summed E-state index contributed by atoms with van der Waals surface area (Å²) in [5.41, 5.74) is 5.95. The van der Waals surface area contributed by atoms with E-state index in [-0.39, 0.29) is 0 Å². The van der Waals surface area contributed by atoms with Crippen LogP contribution in [-0.2, 0) is 0 Å². The van der Waals surface area contributed by atoms with Gasteiger partial charge < -0.3 is 15.8 Å². The molecule has 1 aromatic carbocycles. The molecule has 1 fully saturated rings. The van der Waals surface area contributed by atoms with Crippen LogP contribution < -0.4 is 15.8 Å². The highest BCUT2D eigenvalue weighted by Crippen LogP contribution is 2.16. The number of guanidine groups is 1. The van der Waals surface area contributed by atoms with Gasteiger partial charge in [0.1, 0.15) is 5.75 Å². The van der Waals surface area contributed by atoms with Crippen molar-refractivity contribution in [2.45, 2.75) is 51.0 Å². The summed E-state index contributed by atoms with van der Waals surface area (Å²) in [7, 11) is 0. The van der Waals surface area contributed by atoms with Crippen molar-refractivity contribution in [1.82, 2.24) is 5.32 Å². The average Bonchev–Trinajstić information content (AvgIpc) is 2.76. The SMILES string of the molecule is NC(=NCCCOc1ccccc1)NC1CCCCCC1. The molecular formula is C17H27N3O. The number of aliphatic imine (C=N–C) groups is 1. The smallest absolute Gasteiger partial charge is 0.188 e. The fourth-order valence-electron chi connectivity index (χ4n) is 2.65. The van der Waals surface area contributed by atoms with Crippen LogP contribution in [0.5, 0.6) is 5.75 Å². The van der Waals surface area contributed by atoms with E-state index >= 15 is 0 Å². The number of benzene rings is 1. The maximum absolute atomic E-state index is 5.95. The van der Waals surface area contributed by atoms with Gasteiger partial charge in [0, 0.05) is 19.0 Å². The summed E-state index contributed by atoms with van der Waals surface area (Å²) in [5.74, 6) is 1.49. The van der Waals surface area contributed by atoms with E-state index < -0.39 is 0 Å². The summed E-state index contributed by atoms with van der Waals surface area (Å²) in [4.78, 5) is 4.38. The van der Waals surface area contributed by atoms with Gasteiger partial charge in [-0.05, 0) is 25.0 Å². The third-order valence-electron chi connectivity index (χ3n) is 3.80. The van der Waals surface area contributed by atoms with E-state index in [2.05, 4.69) is 10.3 Å². The van der Waals surface area contributed by atoms with Gasteiger partial charge in [-0.3, -0.25) is 4.99 Å². The van der Waals surface area contributed by atoms with Crippen molar-refractivity contribution >= 4 is 5.96 Å². The molecule has 0 aromatic heterocycles. The number of nitrogens with one attached hydrogen (secondary N) is 1. The van der Waals surface area contributed by atoms with E-state index in [1.807, 2.05) is 30.3 Å². The number of nitrogens with zero attached hydrogens (tertiary/aromatic N) is 1. The fraction of sp³-hybridized carbons (Fsp3) is 0.588. The quantitative estimate of drug-likeness (QED) is 0.366. The molecule has 0 saturated heterocycles. The van der Waals surface area contributed by atoms with Crippen LogP contribution in [0.2, 0.25) is 0 Å². The van der Waals surface area contributed by atoms with Crippen molar-refractivity contribution in [2.75, 3.05) is 13.2 Å². The molecule has 0 bridgehead atoms. The van der Waals surface area contributed by atoms with Crippen molar-refractivity contribution in [3.8, 4) is 5.75 Å². The molecule has 0 amide bonds. The van der Waals surface area contributed by atoms with Crippen LogP contribution in [0, 0.1) is 0 Å². The van der Waals surface area contributed by atoms with Crippen molar-refractivity contribution < 1.29 is 4.74 Å². The van der Waals surface area contributed by atoms with Crippen molar-refractivity contribution in [1.29, 1.82) is 0 Å². The Bertz CT molecular complexity index is 411. The van der Waals surface area contributed by atoms with Gasteiger partial charge in [0.25, 0.3) is 0 Å². The lowest BCUT2D eigenvalue weighted by molar-refractivity contribution is 0.313. The molecule has 0 aliphatic heterocycles. The Morgan fingerprint density at radius 2 is 1.86 bits per heavy atom. The first-order valence-corrected chi connectivity index (χ1v) is 8.09. The molecule has 3 N–H and O–H groups in total. The Morgan fingerprint density at radius 3 is 2.57 bits per heavy atom. The van der Waals surface area contributed by atoms with Crippen molar-refractivity contribution in [2.24, 2.45) is 10.7 Å². The van der Waals surface area contributed by atoms with Crippen LogP contribution in [0.3, 0.4) is 0 Å². The van der Waals surface area contributed by atoms with E-state index in [0.717, 1.165) is 12.2 Å². The number of nitrogens with two attached hydrogens (primary N) is 1. The van der Waals surface area contributed by atoms with Crippen LogP contribution in [-0.4, -0.2) is 25.2 Å². The normalized spacial score (nSPS) is 17.2. The molecule has 0 radical (unpaired) electrons. The standard InChI is InChI=1S/C17H27N3O/c18-17(20-15-9-4-1-2-5-10-15)19-13-8-14-21-16-11-6-3-7-12-16/h3,6-7,11-12,15H,1-2,4-5,8-10,13-14H2,(H3,18,19,20). The Labute approximate surface area is 127 Å². The van der Waals surface area contributed by atoms with Gasteiger partial charge in [0.15, 0.2) is 5.96 Å². The first kappa shape index (κ1) is 15.7. The number of hydrogen-bond donors (Lipinski definition) is 2. The molecule has 116 valence electrons. The summed E-state index contributed by atoms with van der Waals surface area (Å²) in [6.07, 6.45) is 8.62. The van der Waals surface area contributed by atoms with Crippen molar-refractivity contribution in [3.63, 3.8) is 0 Å². The second-order valence-corrected chi connectivity index (χ2v) is 5.61. The minimum absolute atomic E-state index is 0.511. The number of rotatable bonds is 6. The third kappa shape index (κ3) is 6.52. The van der Waals surface area contributed by atoms with Gasteiger partial charge in [-0.25, -0.2) is 0 Å². The molecule has 0 spiro atoms. The molecule has 4 heteroatoms. The molecule has 0 atom stereocenters. The van der Waals surface area contributed by atoms with E-state index in [9.17, 15) is 0 Å². The maximum atomic E-state index is 5.95. The van der Waals surface area contributed by atoms with Crippen LogP contribution in [0.15, 0.2) is 35.3 Å². The summed E-state index contributed by atoms with van der Waals surface area (Å²) in [6, 6.07) is 10.4. The van der Waals surface area contributed by atoms with Gasteiger partial charge in [-0.2, -0.15) is 0 Å².